The van der Waals surface area contributed by atoms with Gasteiger partial charge in [0.1, 0.15) is 5.76 Å². The van der Waals surface area contributed by atoms with E-state index in [9.17, 15) is 4.79 Å². The van der Waals surface area contributed by atoms with Gasteiger partial charge in [-0.05, 0) is 20.8 Å². The van der Waals surface area contributed by atoms with Crippen LogP contribution in [0.1, 0.15) is 25.5 Å². The summed E-state index contributed by atoms with van der Waals surface area (Å²) in [6, 6.07) is 0. The maximum absolute atomic E-state index is 11.7. The van der Waals surface area contributed by atoms with Gasteiger partial charge in [0.15, 0.2) is 0 Å². The van der Waals surface area contributed by atoms with Crippen LogP contribution in [0.4, 0.5) is 0 Å². The lowest BCUT2D eigenvalue weighted by Gasteiger charge is -2.21. The highest BCUT2D eigenvalue weighted by Crippen LogP contribution is 2.15. The molecule has 0 aliphatic carbocycles. The number of carbonyl (C=O) groups is 1. The quantitative estimate of drug-likeness (QED) is 0.766. The van der Waals surface area contributed by atoms with Crippen molar-refractivity contribution in [3.8, 4) is 0 Å². The molecule has 0 unspecified atom stereocenters. The second-order valence-electron chi connectivity index (χ2n) is 4.04. The summed E-state index contributed by atoms with van der Waals surface area (Å²) in [6.45, 7) is 5.37. The summed E-state index contributed by atoms with van der Waals surface area (Å²) < 4.78 is 5.22. The molecule has 0 aliphatic heterocycles. The second kappa shape index (κ2) is 4.61. The fraction of sp³-hybridized carbons (Fsp3) is 0.500. The van der Waals surface area contributed by atoms with Gasteiger partial charge in [-0.15, -0.1) is 0 Å². The Balaban J connectivity index is 2.56. The predicted octanol–water partition coefficient (Wildman–Crippen LogP) is 0.912. The molecule has 3 N–H and O–H groups in total. The van der Waals surface area contributed by atoms with Crippen molar-refractivity contribution in [2.45, 2.75) is 27.3 Å². The predicted molar refractivity (Wildman–Crippen MR) is 63.7 cm³/mol. The Hall–Kier alpha value is -1.43. The van der Waals surface area contributed by atoms with Gasteiger partial charge >= 0.3 is 0 Å². The maximum atomic E-state index is 11.7. The Kier molecular flexibility index (Phi) is 3.64. The van der Waals surface area contributed by atoms with Gasteiger partial charge in [0, 0.05) is 0 Å². The van der Waals surface area contributed by atoms with E-state index in [0.717, 1.165) is 0 Å². The average Bonchev–Trinajstić information content (AvgIpc) is 2.60. The lowest BCUT2D eigenvalue weighted by Crippen LogP contribution is -2.44. The van der Waals surface area contributed by atoms with Gasteiger partial charge in [-0.2, -0.15) is 0 Å². The maximum Gasteiger partial charge on any atom is 0.232 e. The van der Waals surface area contributed by atoms with Gasteiger partial charge in [-0.25, -0.2) is 4.98 Å². The number of amides is 1. The van der Waals surface area contributed by atoms with E-state index >= 15 is 0 Å². The number of nitrogens with zero attached hydrogens (tertiary/aromatic N) is 1. The molecule has 1 rings (SSSR count). The fourth-order valence-electron chi connectivity index (χ4n) is 0.972. The van der Waals surface area contributed by atoms with Gasteiger partial charge in [0.05, 0.1) is 23.1 Å². The highest BCUT2D eigenvalue weighted by Gasteiger charge is 2.30. The van der Waals surface area contributed by atoms with Crippen LogP contribution < -0.4 is 11.1 Å². The van der Waals surface area contributed by atoms with E-state index in [4.69, 9.17) is 22.4 Å². The number of carbonyl (C=O) groups excluding carboxylic acids is 1. The minimum atomic E-state index is -0.864. The normalized spacial score (nSPS) is 11.2. The fourth-order valence-corrected chi connectivity index (χ4v) is 1.06. The molecule has 0 aliphatic rings. The third kappa shape index (κ3) is 2.79. The Morgan fingerprint density at radius 1 is 1.69 bits per heavy atom. The zero-order valence-electron chi connectivity index (χ0n) is 9.53. The third-order valence-corrected chi connectivity index (χ3v) is 2.76. The number of thiocarbonyl (C=S) groups is 1. The molecule has 0 spiro atoms. The second-order valence-corrected chi connectivity index (χ2v) is 4.48. The van der Waals surface area contributed by atoms with Gasteiger partial charge < -0.3 is 15.5 Å². The smallest absolute Gasteiger partial charge is 0.232 e. The number of nitrogens with two attached hydrogens (primary N) is 1. The molecule has 0 saturated heterocycles. The molecule has 0 radical (unpaired) electrons. The molecule has 1 aromatic heterocycles. The van der Waals surface area contributed by atoms with Crippen molar-refractivity contribution in [1.82, 2.24) is 10.3 Å². The molecule has 1 aromatic rings. The first kappa shape index (κ1) is 12.6. The van der Waals surface area contributed by atoms with Crippen LogP contribution in [-0.2, 0) is 11.3 Å². The van der Waals surface area contributed by atoms with Gasteiger partial charge in [0.25, 0.3) is 0 Å². The monoisotopic (exact) mass is 241 g/mol. The van der Waals surface area contributed by atoms with Crippen LogP contribution in [0.5, 0.6) is 0 Å². The summed E-state index contributed by atoms with van der Waals surface area (Å²) in [6.07, 6.45) is 1.60. The van der Waals surface area contributed by atoms with Gasteiger partial charge in [0.2, 0.25) is 11.8 Å². The highest BCUT2D eigenvalue weighted by molar-refractivity contribution is 7.80. The van der Waals surface area contributed by atoms with Crippen molar-refractivity contribution in [1.29, 1.82) is 0 Å². The molecule has 1 amide bonds. The minimum Gasteiger partial charge on any atom is -0.444 e. The molecule has 0 atom stereocenters. The molecule has 5 nitrogen and oxygen atoms in total. The standard InChI is InChI=1S/C10H15N3O2S/c1-6-4-12-7(15-6)5-13-9(14)10(2,3)8(11)16/h4H,5H2,1-3H3,(H2,11,16)(H,13,14). The van der Waals surface area contributed by atoms with Crippen molar-refractivity contribution in [2.75, 3.05) is 0 Å². The van der Waals surface area contributed by atoms with Crippen molar-refractivity contribution in [3.63, 3.8) is 0 Å². The van der Waals surface area contributed by atoms with Crippen molar-refractivity contribution >= 4 is 23.1 Å². The number of hydrogen-bond donors (Lipinski definition) is 2. The summed E-state index contributed by atoms with van der Waals surface area (Å²) >= 11 is 4.82. The van der Waals surface area contributed by atoms with Crippen LogP contribution in [0.25, 0.3) is 0 Å². The summed E-state index contributed by atoms with van der Waals surface area (Å²) in [5.74, 6) is 0.929. The first-order valence-corrected chi connectivity index (χ1v) is 5.24. The SMILES string of the molecule is Cc1cnc(CNC(=O)C(C)(C)C(N)=S)o1. The molecule has 0 fully saturated rings. The van der Waals surface area contributed by atoms with E-state index in [1.54, 1.807) is 27.0 Å². The number of hydrogen-bond acceptors (Lipinski definition) is 4. The molecule has 0 aromatic carbocycles. The van der Waals surface area contributed by atoms with Crippen LogP contribution in [0.2, 0.25) is 0 Å². The van der Waals surface area contributed by atoms with E-state index in [2.05, 4.69) is 10.3 Å². The summed E-state index contributed by atoms with van der Waals surface area (Å²) in [5, 5.41) is 2.67. The van der Waals surface area contributed by atoms with Crippen molar-refractivity contribution < 1.29 is 9.21 Å². The van der Waals surface area contributed by atoms with Gasteiger partial charge in [-0.3, -0.25) is 4.79 Å². The van der Waals surface area contributed by atoms with Crippen LogP contribution in [0, 0.1) is 12.3 Å². The zero-order chi connectivity index (χ0) is 12.3. The molecular weight excluding hydrogens is 226 g/mol. The largest absolute Gasteiger partial charge is 0.444 e. The molecular formula is C10H15N3O2S. The van der Waals surface area contributed by atoms with Crippen LogP contribution in [0.3, 0.4) is 0 Å². The van der Waals surface area contributed by atoms with Crippen LogP contribution in [0.15, 0.2) is 10.6 Å². The first-order chi connectivity index (χ1) is 7.34. The van der Waals surface area contributed by atoms with E-state index < -0.39 is 5.41 Å². The Morgan fingerprint density at radius 3 is 2.75 bits per heavy atom. The number of rotatable bonds is 4. The molecule has 0 saturated carbocycles. The minimum absolute atomic E-state index is 0.161. The Morgan fingerprint density at radius 2 is 2.31 bits per heavy atom. The molecule has 88 valence electrons. The van der Waals surface area contributed by atoms with E-state index in [-0.39, 0.29) is 17.4 Å². The van der Waals surface area contributed by atoms with E-state index in [1.165, 1.54) is 0 Å². The first-order valence-electron chi connectivity index (χ1n) is 4.83. The third-order valence-electron chi connectivity index (χ3n) is 2.25. The summed E-state index contributed by atoms with van der Waals surface area (Å²) in [7, 11) is 0. The van der Waals surface area contributed by atoms with Crippen LogP contribution >= 0.6 is 12.2 Å². The molecule has 1 heterocycles. The number of oxazole rings is 1. The zero-order valence-corrected chi connectivity index (χ0v) is 10.4. The van der Waals surface area contributed by atoms with Crippen molar-refractivity contribution in [3.05, 3.63) is 17.8 Å². The Labute approximate surface area is 99.4 Å². The lowest BCUT2D eigenvalue weighted by atomic mass is 9.92. The van der Waals surface area contributed by atoms with Crippen LogP contribution in [-0.4, -0.2) is 15.9 Å². The number of aromatic nitrogens is 1. The lowest BCUT2D eigenvalue weighted by molar-refractivity contribution is -0.126. The van der Waals surface area contributed by atoms with E-state index in [0.29, 0.717) is 11.7 Å². The molecule has 0 bridgehead atoms. The number of aryl methyl sites for hydroxylation is 1. The van der Waals surface area contributed by atoms with Gasteiger partial charge in [-0.1, -0.05) is 12.2 Å². The average molecular weight is 241 g/mol. The number of nitrogens with one attached hydrogen (secondary N) is 1. The van der Waals surface area contributed by atoms with E-state index in [1.807, 2.05) is 0 Å². The highest BCUT2D eigenvalue weighted by atomic mass is 32.1. The summed E-state index contributed by atoms with van der Waals surface area (Å²) in [5.41, 5.74) is 4.61. The van der Waals surface area contributed by atoms with Crippen molar-refractivity contribution in [2.24, 2.45) is 11.1 Å². The molecule has 16 heavy (non-hydrogen) atoms. The Bertz CT molecular complexity index is 412. The molecule has 6 heteroatoms. The topological polar surface area (TPSA) is 81.2 Å². The summed E-state index contributed by atoms with van der Waals surface area (Å²) in [4.78, 5) is 15.9.